The molecule has 5 rings (SSSR count). The molecular formula is C22H24FN7OS. The molecule has 4 heterocycles. The Morgan fingerprint density at radius 3 is 2.69 bits per heavy atom. The first-order valence-corrected chi connectivity index (χ1v) is 11.5. The fourth-order valence-electron chi connectivity index (χ4n) is 4.07. The van der Waals surface area contributed by atoms with E-state index in [2.05, 4.69) is 20.4 Å². The molecule has 1 aliphatic heterocycles. The largest absolute Gasteiger partial charge is 0.348 e. The van der Waals surface area contributed by atoms with Crippen molar-refractivity contribution >= 4 is 32.7 Å². The van der Waals surface area contributed by atoms with Crippen molar-refractivity contribution in [2.24, 2.45) is 0 Å². The van der Waals surface area contributed by atoms with Crippen LogP contribution in [0.2, 0.25) is 0 Å². The third-order valence-corrected chi connectivity index (χ3v) is 7.01. The average molecular weight is 454 g/mol. The second-order valence-corrected chi connectivity index (χ2v) is 8.87. The van der Waals surface area contributed by atoms with Crippen molar-refractivity contribution in [3.05, 3.63) is 53.7 Å². The summed E-state index contributed by atoms with van der Waals surface area (Å²) in [6, 6.07) is 8.15. The Kier molecular flexibility index (Phi) is 5.38. The monoisotopic (exact) mass is 453 g/mol. The second-order valence-electron chi connectivity index (χ2n) is 7.89. The van der Waals surface area contributed by atoms with Gasteiger partial charge in [-0.05, 0) is 57.0 Å². The summed E-state index contributed by atoms with van der Waals surface area (Å²) in [5.74, 6) is -0.347. The number of nitrogens with one attached hydrogen (secondary N) is 1. The Balaban J connectivity index is 1.28. The predicted molar refractivity (Wildman–Crippen MR) is 122 cm³/mol. The normalized spacial score (nSPS) is 14.9. The van der Waals surface area contributed by atoms with Crippen LogP contribution in [-0.4, -0.2) is 49.6 Å². The predicted octanol–water partition coefficient (Wildman–Crippen LogP) is 3.54. The van der Waals surface area contributed by atoms with Crippen molar-refractivity contribution in [2.75, 3.05) is 18.0 Å². The maximum Gasteiger partial charge on any atom is 0.269 e. The summed E-state index contributed by atoms with van der Waals surface area (Å²) < 4.78 is 17.8. The fraction of sp³-hybridized carbons (Fsp3) is 0.364. The number of carbonyl (C=O) groups is 1. The second kappa shape index (κ2) is 8.34. The molecule has 0 unspecified atom stereocenters. The zero-order valence-electron chi connectivity index (χ0n) is 18.0. The van der Waals surface area contributed by atoms with Crippen LogP contribution >= 0.6 is 11.3 Å². The van der Waals surface area contributed by atoms with Gasteiger partial charge >= 0.3 is 0 Å². The number of rotatable bonds is 5. The van der Waals surface area contributed by atoms with Gasteiger partial charge in [0, 0.05) is 31.9 Å². The van der Waals surface area contributed by atoms with Gasteiger partial charge in [0.1, 0.15) is 11.5 Å². The smallest absolute Gasteiger partial charge is 0.269 e. The van der Waals surface area contributed by atoms with Crippen LogP contribution in [0, 0.1) is 12.7 Å². The van der Waals surface area contributed by atoms with E-state index in [4.69, 9.17) is 4.98 Å². The van der Waals surface area contributed by atoms with Gasteiger partial charge in [-0.3, -0.25) is 9.48 Å². The van der Waals surface area contributed by atoms with E-state index < -0.39 is 0 Å². The molecule has 3 aromatic heterocycles. The number of amides is 1. The van der Waals surface area contributed by atoms with E-state index in [0.29, 0.717) is 12.2 Å². The van der Waals surface area contributed by atoms with Crippen molar-refractivity contribution in [2.45, 2.75) is 39.3 Å². The number of anilines is 1. The Hall–Kier alpha value is -3.27. The number of benzene rings is 1. The van der Waals surface area contributed by atoms with E-state index in [9.17, 15) is 9.18 Å². The first-order valence-electron chi connectivity index (χ1n) is 10.7. The van der Waals surface area contributed by atoms with E-state index in [0.717, 1.165) is 52.8 Å². The highest BCUT2D eigenvalue weighted by molar-refractivity contribution is 7.22. The number of hydrogen-bond acceptors (Lipinski definition) is 6. The summed E-state index contributed by atoms with van der Waals surface area (Å²) in [4.78, 5) is 19.7. The minimum atomic E-state index is -0.276. The minimum Gasteiger partial charge on any atom is -0.348 e. The molecule has 0 aliphatic carbocycles. The van der Waals surface area contributed by atoms with Gasteiger partial charge in [-0.1, -0.05) is 11.3 Å². The molecule has 1 amide bonds. The fourth-order valence-corrected chi connectivity index (χ4v) is 5.11. The summed E-state index contributed by atoms with van der Waals surface area (Å²) in [6.07, 6.45) is 3.36. The van der Waals surface area contributed by atoms with Gasteiger partial charge in [0.25, 0.3) is 5.91 Å². The summed E-state index contributed by atoms with van der Waals surface area (Å²) in [6.45, 7) is 6.24. The highest BCUT2D eigenvalue weighted by Gasteiger charge is 2.25. The number of hydrogen-bond donors (Lipinski definition) is 1. The number of nitrogens with zero attached hydrogens (tertiary/aromatic N) is 6. The quantitative estimate of drug-likeness (QED) is 0.500. The third-order valence-electron chi connectivity index (χ3n) is 5.80. The average Bonchev–Trinajstić information content (AvgIpc) is 3.51. The summed E-state index contributed by atoms with van der Waals surface area (Å²) in [5, 5.41) is 12.9. The molecule has 10 heteroatoms. The van der Waals surface area contributed by atoms with E-state index in [1.807, 2.05) is 13.8 Å². The lowest BCUT2D eigenvalue weighted by molar-refractivity contribution is 0.0920. The molecular weight excluding hydrogens is 429 g/mol. The highest BCUT2D eigenvalue weighted by Crippen LogP contribution is 2.33. The molecule has 0 spiro atoms. The zero-order valence-corrected chi connectivity index (χ0v) is 18.8. The van der Waals surface area contributed by atoms with Crippen LogP contribution in [-0.2, 0) is 6.54 Å². The zero-order chi connectivity index (χ0) is 22.2. The van der Waals surface area contributed by atoms with Gasteiger partial charge in [0.2, 0.25) is 0 Å². The Bertz CT molecular complexity index is 1250. The molecule has 166 valence electrons. The molecule has 1 aromatic carbocycles. The maximum atomic E-state index is 13.3. The SMILES string of the molecule is CCn1nccc1C(=O)NC1CCN(c2nc3c(s2)c(C)nn3-c2ccc(F)cc2)CC1. The molecule has 1 N–H and O–H groups in total. The Morgan fingerprint density at radius 2 is 1.97 bits per heavy atom. The number of aryl methyl sites for hydroxylation is 2. The molecule has 1 saturated heterocycles. The molecule has 0 saturated carbocycles. The van der Waals surface area contributed by atoms with Gasteiger partial charge in [-0.2, -0.15) is 15.2 Å². The van der Waals surface area contributed by atoms with Crippen LogP contribution in [0.3, 0.4) is 0 Å². The van der Waals surface area contributed by atoms with Crippen LogP contribution in [0.1, 0.15) is 35.9 Å². The minimum absolute atomic E-state index is 0.0715. The molecule has 32 heavy (non-hydrogen) atoms. The number of fused-ring (bicyclic) bond motifs is 1. The molecule has 1 aliphatic rings. The van der Waals surface area contributed by atoms with Crippen molar-refractivity contribution in [3.63, 3.8) is 0 Å². The molecule has 0 radical (unpaired) electrons. The Labute approximate surface area is 188 Å². The summed E-state index contributed by atoms with van der Waals surface area (Å²) in [7, 11) is 0. The number of piperidine rings is 1. The lowest BCUT2D eigenvalue weighted by Crippen LogP contribution is -2.45. The Morgan fingerprint density at radius 1 is 1.22 bits per heavy atom. The molecule has 1 fully saturated rings. The maximum absolute atomic E-state index is 13.3. The van der Waals surface area contributed by atoms with Crippen molar-refractivity contribution < 1.29 is 9.18 Å². The van der Waals surface area contributed by atoms with Crippen LogP contribution in [0.25, 0.3) is 16.0 Å². The lowest BCUT2D eigenvalue weighted by atomic mass is 10.1. The van der Waals surface area contributed by atoms with Gasteiger partial charge in [0.15, 0.2) is 10.8 Å². The first kappa shape index (κ1) is 20.6. The molecule has 4 aromatic rings. The lowest BCUT2D eigenvalue weighted by Gasteiger charge is -2.32. The van der Waals surface area contributed by atoms with Crippen LogP contribution < -0.4 is 10.2 Å². The highest BCUT2D eigenvalue weighted by atomic mass is 32.1. The number of carbonyl (C=O) groups excluding carboxylic acids is 1. The molecule has 8 nitrogen and oxygen atoms in total. The van der Waals surface area contributed by atoms with E-state index in [1.165, 1.54) is 12.1 Å². The third kappa shape index (κ3) is 3.75. The standard InChI is InChI=1S/C22H24FN7OS/c1-3-29-18(8-11-24-29)21(31)25-16-9-12-28(13-10-16)22-26-20-19(32-22)14(2)27-30(20)17-6-4-15(23)5-7-17/h4-8,11,16H,3,9-10,12-13H2,1-2H3,(H,25,31). The van der Waals surface area contributed by atoms with Crippen molar-refractivity contribution in [3.8, 4) is 5.69 Å². The van der Waals surface area contributed by atoms with Crippen LogP contribution in [0.15, 0.2) is 36.5 Å². The molecule has 0 bridgehead atoms. The topological polar surface area (TPSA) is 80.9 Å². The van der Waals surface area contributed by atoms with Crippen molar-refractivity contribution in [1.29, 1.82) is 0 Å². The number of aromatic nitrogens is 5. The van der Waals surface area contributed by atoms with Crippen molar-refractivity contribution in [1.82, 2.24) is 29.9 Å². The van der Waals surface area contributed by atoms with E-state index >= 15 is 0 Å². The van der Waals surface area contributed by atoms with Gasteiger partial charge < -0.3 is 10.2 Å². The van der Waals surface area contributed by atoms with E-state index in [1.54, 1.807) is 45.1 Å². The van der Waals surface area contributed by atoms with Gasteiger partial charge in [-0.15, -0.1) is 0 Å². The summed E-state index contributed by atoms with van der Waals surface area (Å²) >= 11 is 1.63. The van der Waals surface area contributed by atoms with E-state index in [-0.39, 0.29) is 17.8 Å². The number of halogens is 1. The summed E-state index contributed by atoms with van der Waals surface area (Å²) in [5.41, 5.74) is 3.08. The number of thiazole rings is 1. The van der Waals surface area contributed by atoms with Gasteiger partial charge in [0.05, 0.1) is 16.1 Å². The van der Waals surface area contributed by atoms with Crippen LogP contribution in [0.4, 0.5) is 9.52 Å². The van der Waals surface area contributed by atoms with Crippen LogP contribution in [0.5, 0.6) is 0 Å². The van der Waals surface area contributed by atoms with Gasteiger partial charge in [-0.25, -0.2) is 9.07 Å². The first-order chi connectivity index (χ1) is 15.5. The molecule has 0 atom stereocenters.